The van der Waals surface area contributed by atoms with Crippen molar-refractivity contribution < 1.29 is 19.1 Å². The van der Waals surface area contributed by atoms with Crippen LogP contribution in [0.4, 0.5) is 5.13 Å². The number of ketones is 1. The molecule has 4 aliphatic rings. The maximum atomic E-state index is 14.1. The summed E-state index contributed by atoms with van der Waals surface area (Å²) >= 11 is 1.65. The highest BCUT2D eigenvalue weighted by molar-refractivity contribution is 7.14. The van der Waals surface area contributed by atoms with E-state index < -0.39 is 12.1 Å². The Labute approximate surface area is 252 Å². The Balaban J connectivity index is 1.16. The van der Waals surface area contributed by atoms with Gasteiger partial charge in [0.2, 0.25) is 5.91 Å². The second kappa shape index (κ2) is 12.8. The number of rotatable bonds is 8. The summed E-state index contributed by atoms with van der Waals surface area (Å²) in [6.45, 7) is 6.73. The molecule has 4 heterocycles. The number of thiazole rings is 1. The number of anilines is 1. The fourth-order valence-electron chi connectivity index (χ4n) is 7.19. The van der Waals surface area contributed by atoms with Crippen molar-refractivity contribution in [3.8, 4) is 11.3 Å². The van der Waals surface area contributed by atoms with Gasteiger partial charge in [0, 0.05) is 55.1 Å². The first kappa shape index (κ1) is 29.3. The van der Waals surface area contributed by atoms with Crippen LogP contribution >= 0.6 is 11.3 Å². The molecule has 0 radical (unpaired) electrons. The predicted molar refractivity (Wildman–Crippen MR) is 164 cm³/mol. The highest BCUT2D eigenvalue weighted by Gasteiger charge is 2.53. The molecule has 0 unspecified atom stereocenters. The standard InChI is InChI=1S/C32H43N5O4S/c1-3-7-24-18-37(28-26(38)19-41-29(24)28)31(40)27(22-8-5-4-6-9-22)34-30(39)23-12-10-21(11-13-23)25-20-42-32(33-25)36-16-14-35(2)15-17-36/h10-13,20,22,24,27-29H,3-9,14-19H2,1-2H3,(H,34,39)/t24-,27+,28-,29-/m1/s1. The summed E-state index contributed by atoms with van der Waals surface area (Å²) in [6.07, 6.45) is 6.73. The van der Waals surface area contributed by atoms with Gasteiger partial charge in [0.25, 0.3) is 5.91 Å². The molecule has 10 heteroatoms. The normalized spacial score (nSPS) is 26.0. The van der Waals surface area contributed by atoms with Crippen LogP contribution in [0.15, 0.2) is 29.6 Å². The number of nitrogens with zero attached hydrogens (tertiary/aromatic N) is 4. The molecule has 2 amide bonds. The Morgan fingerprint density at radius 3 is 2.55 bits per heavy atom. The number of carbonyl (C=O) groups excluding carboxylic acids is 3. The number of ether oxygens (including phenoxy) is 1. The van der Waals surface area contributed by atoms with Crippen molar-refractivity contribution in [2.24, 2.45) is 11.8 Å². The van der Waals surface area contributed by atoms with Gasteiger partial charge >= 0.3 is 0 Å². The van der Waals surface area contributed by atoms with Crippen LogP contribution in [-0.2, 0) is 14.3 Å². The van der Waals surface area contributed by atoms with Crippen LogP contribution in [0.2, 0.25) is 0 Å². The molecule has 3 saturated heterocycles. The zero-order valence-electron chi connectivity index (χ0n) is 24.8. The summed E-state index contributed by atoms with van der Waals surface area (Å²) in [7, 11) is 2.14. The third-order valence-electron chi connectivity index (χ3n) is 9.62. The molecule has 0 bridgehead atoms. The first-order chi connectivity index (χ1) is 20.4. The van der Waals surface area contributed by atoms with Crippen LogP contribution in [0.1, 0.15) is 62.2 Å². The van der Waals surface area contributed by atoms with E-state index in [-0.39, 0.29) is 42.1 Å². The molecule has 6 rings (SSSR count). The Kier molecular flexibility index (Phi) is 8.93. The number of piperazine rings is 1. The van der Waals surface area contributed by atoms with E-state index in [1.807, 2.05) is 24.3 Å². The van der Waals surface area contributed by atoms with Crippen molar-refractivity contribution in [1.29, 1.82) is 0 Å². The summed E-state index contributed by atoms with van der Waals surface area (Å²) < 4.78 is 5.86. The lowest BCUT2D eigenvalue weighted by molar-refractivity contribution is -0.139. The number of benzene rings is 1. The van der Waals surface area contributed by atoms with Crippen LogP contribution in [0.5, 0.6) is 0 Å². The van der Waals surface area contributed by atoms with Gasteiger partial charge in [0.05, 0.1) is 11.8 Å². The monoisotopic (exact) mass is 593 g/mol. The van der Waals surface area contributed by atoms with Crippen LogP contribution in [0, 0.1) is 11.8 Å². The van der Waals surface area contributed by atoms with Crippen molar-refractivity contribution >= 4 is 34.1 Å². The molecule has 0 spiro atoms. The molecule has 1 aliphatic carbocycles. The maximum Gasteiger partial charge on any atom is 0.251 e. The van der Waals surface area contributed by atoms with E-state index in [1.165, 1.54) is 0 Å². The van der Waals surface area contributed by atoms with Crippen molar-refractivity contribution in [2.75, 3.05) is 51.3 Å². The molecule has 1 aromatic carbocycles. The van der Waals surface area contributed by atoms with E-state index in [1.54, 1.807) is 16.2 Å². The fourth-order valence-corrected chi connectivity index (χ4v) is 8.08. The van der Waals surface area contributed by atoms with Crippen molar-refractivity contribution in [3.63, 3.8) is 0 Å². The van der Waals surface area contributed by atoms with Crippen LogP contribution in [-0.4, -0.2) is 96.9 Å². The SMILES string of the molecule is CCC[C@@H]1CN(C(=O)[C@@H](NC(=O)c2ccc(-c3csc(N4CCN(C)CC4)n3)cc2)C2CCCCC2)[C@@H]2C(=O)CO[C@H]12. The Bertz CT molecular complexity index is 1270. The first-order valence-electron chi connectivity index (χ1n) is 15.7. The van der Waals surface area contributed by atoms with E-state index in [2.05, 4.69) is 34.5 Å². The second-order valence-electron chi connectivity index (χ2n) is 12.5. The van der Waals surface area contributed by atoms with Gasteiger partial charge < -0.3 is 24.8 Å². The van der Waals surface area contributed by atoms with Crippen LogP contribution < -0.4 is 10.2 Å². The lowest BCUT2D eigenvalue weighted by Gasteiger charge is -2.34. The molecule has 4 atom stereocenters. The highest BCUT2D eigenvalue weighted by Crippen LogP contribution is 2.36. The second-order valence-corrected chi connectivity index (χ2v) is 13.3. The average Bonchev–Trinajstić information content (AvgIpc) is 3.75. The zero-order chi connectivity index (χ0) is 29.2. The largest absolute Gasteiger partial charge is 0.367 e. The number of amides is 2. The number of hydrogen-bond acceptors (Lipinski definition) is 8. The summed E-state index contributed by atoms with van der Waals surface area (Å²) in [5, 5.41) is 6.23. The number of aromatic nitrogens is 1. The van der Waals surface area contributed by atoms with Crippen molar-refractivity contribution in [1.82, 2.24) is 20.1 Å². The molecule has 2 aromatic rings. The summed E-state index contributed by atoms with van der Waals surface area (Å²) in [6, 6.07) is 6.34. The van der Waals surface area contributed by atoms with Gasteiger partial charge in [-0.2, -0.15) is 0 Å². The topological polar surface area (TPSA) is 95.1 Å². The molecule has 226 valence electrons. The summed E-state index contributed by atoms with van der Waals surface area (Å²) in [5.74, 6) is -0.171. The molecule has 3 aliphatic heterocycles. The molecule has 1 aromatic heterocycles. The number of hydrogen-bond donors (Lipinski definition) is 1. The highest BCUT2D eigenvalue weighted by atomic mass is 32.1. The number of fused-ring (bicyclic) bond motifs is 1. The Morgan fingerprint density at radius 1 is 1.10 bits per heavy atom. The number of nitrogens with one attached hydrogen (secondary N) is 1. The van der Waals surface area contributed by atoms with E-state index in [0.29, 0.717) is 12.1 Å². The average molecular weight is 594 g/mol. The van der Waals surface area contributed by atoms with Gasteiger partial charge in [0.15, 0.2) is 10.9 Å². The van der Waals surface area contributed by atoms with Crippen molar-refractivity contribution in [2.45, 2.75) is 70.1 Å². The molecule has 9 nitrogen and oxygen atoms in total. The maximum absolute atomic E-state index is 14.1. The Morgan fingerprint density at radius 2 is 1.83 bits per heavy atom. The molecule has 1 saturated carbocycles. The van der Waals surface area contributed by atoms with E-state index in [9.17, 15) is 14.4 Å². The van der Waals surface area contributed by atoms with Gasteiger partial charge in [-0.3, -0.25) is 14.4 Å². The minimum Gasteiger partial charge on any atom is -0.367 e. The molecule has 42 heavy (non-hydrogen) atoms. The van der Waals surface area contributed by atoms with Crippen molar-refractivity contribution in [3.05, 3.63) is 35.2 Å². The number of likely N-dealkylation sites (N-methyl/N-ethyl adjacent to an activating group) is 1. The van der Waals surface area contributed by atoms with Gasteiger partial charge in [-0.05, 0) is 44.4 Å². The van der Waals surface area contributed by atoms with E-state index in [4.69, 9.17) is 9.72 Å². The number of carbonyl (C=O) groups is 3. The van der Waals surface area contributed by atoms with Gasteiger partial charge in [-0.15, -0.1) is 11.3 Å². The smallest absolute Gasteiger partial charge is 0.251 e. The lowest BCUT2D eigenvalue weighted by Crippen LogP contribution is -2.55. The first-order valence-corrected chi connectivity index (χ1v) is 16.6. The van der Waals surface area contributed by atoms with Gasteiger partial charge in [-0.1, -0.05) is 44.7 Å². The Hall–Kier alpha value is -2.82. The quantitative estimate of drug-likeness (QED) is 0.497. The molecular weight excluding hydrogens is 550 g/mol. The van der Waals surface area contributed by atoms with Crippen LogP contribution in [0.25, 0.3) is 11.3 Å². The zero-order valence-corrected chi connectivity index (χ0v) is 25.6. The van der Waals surface area contributed by atoms with Crippen LogP contribution in [0.3, 0.4) is 0 Å². The third-order valence-corrected chi connectivity index (χ3v) is 10.5. The molecular formula is C32H43N5O4S. The summed E-state index contributed by atoms with van der Waals surface area (Å²) in [5.41, 5.74) is 2.39. The minimum atomic E-state index is -0.642. The van der Waals surface area contributed by atoms with Gasteiger partial charge in [-0.25, -0.2) is 4.98 Å². The third kappa shape index (κ3) is 5.98. The van der Waals surface area contributed by atoms with Gasteiger partial charge in [0.1, 0.15) is 18.7 Å². The number of Topliss-reactive ketones (excluding diaryl/α,β-unsaturated/α-hetero) is 1. The number of likely N-dealkylation sites (tertiary alicyclic amines) is 1. The fraction of sp³-hybridized carbons (Fsp3) is 0.625. The summed E-state index contributed by atoms with van der Waals surface area (Å²) in [4.78, 5) is 51.8. The molecule has 4 fully saturated rings. The molecule has 1 N–H and O–H groups in total. The van der Waals surface area contributed by atoms with E-state index >= 15 is 0 Å². The minimum absolute atomic E-state index is 0.0194. The lowest BCUT2D eigenvalue weighted by atomic mass is 9.83. The van der Waals surface area contributed by atoms with E-state index in [0.717, 1.165) is 87.5 Å². The predicted octanol–water partition coefficient (Wildman–Crippen LogP) is 3.84.